The van der Waals surface area contributed by atoms with Crippen LogP contribution in [0.4, 0.5) is 0 Å². The van der Waals surface area contributed by atoms with E-state index in [4.69, 9.17) is 15.3 Å². The number of nitrogens with zero attached hydrogens (tertiary/aromatic N) is 2. The molecule has 1 unspecified atom stereocenters. The van der Waals surface area contributed by atoms with Crippen molar-refractivity contribution < 1.29 is 14.3 Å². The Hall–Kier alpha value is -1.95. The van der Waals surface area contributed by atoms with Gasteiger partial charge in [0.1, 0.15) is 23.6 Å². The van der Waals surface area contributed by atoms with Gasteiger partial charge >= 0.3 is 5.97 Å². The summed E-state index contributed by atoms with van der Waals surface area (Å²) >= 11 is 0. The van der Waals surface area contributed by atoms with E-state index in [2.05, 4.69) is 9.97 Å². The molecule has 2 aromatic heterocycles. The Balaban J connectivity index is 2.26. The van der Waals surface area contributed by atoms with Crippen LogP contribution in [-0.2, 0) is 11.2 Å². The van der Waals surface area contributed by atoms with E-state index in [1.165, 1.54) is 12.5 Å². The maximum atomic E-state index is 10.5. The average molecular weight is 207 g/mol. The van der Waals surface area contributed by atoms with Gasteiger partial charge in [0.25, 0.3) is 0 Å². The van der Waals surface area contributed by atoms with E-state index >= 15 is 0 Å². The molecule has 0 saturated heterocycles. The quantitative estimate of drug-likeness (QED) is 0.744. The molecule has 1 atom stereocenters. The molecule has 0 amide bonds. The van der Waals surface area contributed by atoms with Gasteiger partial charge in [-0.3, -0.25) is 4.79 Å². The van der Waals surface area contributed by atoms with Crippen LogP contribution in [0.3, 0.4) is 0 Å². The molecule has 2 rings (SSSR count). The van der Waals surface area contributed by atoms with Crippen LogP contribution in [0.1, 0.15) is 5.76 Å². The predicted molar refractivity (Wildman–Crippen MR) is 51.1 cm³/mol. The van der Waals surface area contributed by atoms with Gasteiger partial charge in [0.05, 0.1) is 6.20 Å². The largest absolute Gasteiger partial charge is 0.480 e. The van der Waals surface area contributed by atoms with Gasteiger partial charge in [-0.2, -0.15) is 0 Å². The minimum atomic E-state index is -1.05. The van der Waals surface area contributed by atoms with Crippen LogP contribution in [0.5, 0.6) is 0 Å². The number of carbonyl (C=O) groups is 1. The van der Waals surface area contributed by atoms with E-state index in [9.17, 15) is 4.79 Å². The van der Waals surface area contributed by atoms with Crippen LogP contribution in [-0.4, -0.2) is 27.1 Å². The van der Waals surface area contributed by atoms with Gasteiger partial charge in [-0.1, -0.05) is 0 Å². The summed E-state index contributed by atoms with van der Waals surface area (Å²) in [6.45, 7) is 0. The zero-order valence-corrected chi connectivity index (χ0v) is 7.75. The third kappa shape index (κ3) is 1.94. The first-order valence-electron chi connectivity index (χ1n) is 4.33. The first-order valence-corrected chi connectivity index (χ1v) is 4.33. The Labute approximate surface area is 84.7 Å². The summed E-state index contributed by atoms with van der Waals surface area (Å²) in [4.78, 5) is 18.3. The second-order valence-electron chi connectivity index (χ2n) is 3.13. The summed E-state index contributed by atoms with van der Waals surface area (Å²) in [7, 11) is 0. The van der Waals surface area contributed by atoms with Gasteiger partial charge in [-0.25, -0.2) is 9.97 Å². The minimum absolute atomic E-state index is 0.145. The van der Waals surface area contributed by atoms with Crippen LogP contribution < -0.4 is 5.73 Å². The molecular weight excluding hydrogens is 198 g/mol. The van der Waals surface area contributed by atoms with Crippen molar-refractivity contribution in [3.63, 3.8) is 0 Å². The number of carboxylic acid groups (broad SMARTS) is 1. The molecule has 0 aliphatic carbocycles. The van der Waals surface area contributed by atoms with E-state index < -0.39 is 12.0 Å². The highest BCUT2D eigenvalue weighted by Gasteiger charge is 2.15. The number of rotatable bonds is 3. The molecule has 0 radical (unpaired) electrons. The number of hydrogen-bond donors (Lipinski definition) is 2. The van der Waals surface area contributed by atoms with Gasteiger partial charge in [0.2, 0.25) is 0 Å². The Morgan fingerprint density at radius 3 is 3.13 bits per heavy atom. The Kier molecular flexibility index (Phi) is 2.34. The summed E-state index contributed by atoms with van der Waals surface area (Å²) in [6, 6.07) is 0.707. The molecule has 0 saturated carbocycles. The second-order valence-corrected chi connectivity index (χ2v) is 3.13. The summed E-state index contributed by atoms with van der Waals surface area (Å²) in [5.74, 6) is -0.554. The lowest BCUT2D eigenvalue weighted by Gasteiger charge is -2.01. The maximum absolute atomic E-state index is 10.5. The van der Waals surface area contributed by atoms with Gasteiger partial charge in [-0.05, 0) is 0 Å². The van der Waals surface area contributed by atoms with Crippen molar-refractivity contribution in [2.75, 3.05) is 0 Å². The number of furan rings is 1. The van der Waals surface area contributed by atoms with Crippen LogP contribution >= 0.6 is 0 Å². The van der Waals surface area contributed by atoms with Gasteiger partial charge < -0.3 is 15.3 Å². The minimum Gasteiger partial charge on any atom is -0.480 e. The Morgan fingerprint density at radius 2 is 2.47 bits per heavy atom. The summed E-state index contributed by atoms with van der Waals surface area (Å²) in [5, 5.41) is 8.62. The third-order valence-electron chi connectivity index (χ3n) is 1.98. The first kappa shape index (κ1) is 9.60. The maximum Gasteiger partial charge on any atom is 0.320 e. The highest BCUT2D eigenvalue weighted by molar-refractivity contribution is 5.75. The smallest absolute Gasteiger partial charge is 0.320 e. The predicted octanol–water partition coefficient (Wildman–Crippen LogP) is 0.177. The molecule has 6 heteroatoms. The van der Waals surface area contributed by atoms with Crippen LogP contribution in [0.15, 0.2) is 23.0 Å². The normalized spacial score (nSPS) is 12.9. The SMILES string of the molecule is NC(Cc1cc2ncncc2o1)C(=O)O. The Morgan fingerprint density at radius 1 is 1.67 bits per heavy atom. The number of aromatic nitrogens is 2. The molecule has 0 aliphatic rings. The fourth-order valence-corrected chi connectivity index (χ4v) is 1.24. The van der Waals surface area contributed by atoms with Crippen molar-refractivity contribution in [3.05, 3.63) is 24.4 Å². The van der Waals surface area contributed by atoms with Gasteiger partial charge in [-0.15, -0.1) is 0 Å². The zero-order valence-electron chi connectivity index (χ0n) is 7.75. The first-order chi connectivity index (χ1) is 7.16. The lowest BCUT2D eigenvalue weighted by molar-refractivity contribution is -0.138. The van der Waals surface area contributed by atoms with Crippen molar-refractivity contribution in [2.45, 2.75) is 12.5 Å². The molecule has 3 N–H and O–H groups in total. The van der Waals surface area contributed by atoms with Crippen LogP contribution in [0.25, 0.3) is 11.1 Å². The third-order valence-corrected chi connectivity index (χ3v) is 1.98. The van der Waals surface area contributed by atoms with Crippen molar-refractivity contribution in [3.8, 4) is 0 Å². The number of hydrogen-bond acceptors (Lipinski definition) is 5. The van der Waals surface area contributed by atoms with E-state index in [1.54, 1.807) is 6.07 Å². The molecule has 0 aromatic carbocycles. The standard InChI is InChI=1S/C9H9N3O3/c10-6(9(13)14)1-5-2-7-8(15-5)3-11-4-12-7/h2-4,6H,1,10H2,(H,13,14). The summed E-state index contributed by atoms with van der Waals surface area (Å²) < 4.78 is 5.32. The summed E-state index contributed by atoms with van der Waals surface area (Å²) in [6.07, 6.45) is 3.07. The molecular formula is C9H9N3O3. The van der Waals surface area contributed by atoms with Crippen molar-refractivity contribution in [2.24, 2.45) is 5.73 Å². The van der Waals surface area contributed by atoms with E-state index in [0.29, 0.717) is 16.9 Å². The molecule has 0 bridgehead atoms. The van der Waals surface area contributed by atoms with E-state index in [-0.39, 0.29) is 6.42 Å². The monoisotopic (exact) mass is 207 g/mol. The van der Waals surface area contributed by atoms with Gasteiger partial charge in [0, 0.05) is 12.5 Å². The number of carboxylic acids is 1. The highest BCUT2D eigenvalue weighted by Crippen LogP contribution is 2.16. The zero-order chi connectivity index (χ0) is 10.8. The molecule has 78 valence electrons. The lowest BCUT2D eigenvalue weighted by Crippen LogP contribution is -2.32. The van der Waals surface area contributed by atoms with Crippen LogP contribution in [0.2, 0.25) is 0 Å². The fourth-order valence-electron chi connectivity index (χ4n) is 1.24. The molecule has 15 heavy (non-hydrogen) atoms. The van der Waals surface area contributed by atoms with Gasteiger partial charge in [0.15, 0.2) is 5.58 Å². The summed E-state index contributed by atoms with van der Waals surface area (Å²) in [5.41, 5.74) is 6.56. The topological polar surface area (TPSA) is 102 Å². The number of nitrogens with two attached hydrogens (primary N) is 1. The molecule has 0 spiro atoms. The number of fused-ring (bicyclic) bond motifs is 1. The van der Waals surface area contributed by atoms with Crippen LogP contribution in [0, 0.1) is 0 Å². The van der Waals surface area contributed by atoms with Crippen molar-refractivity contribution in [1.82, 2.24) is 9.97 Å². The molecule has 6 nitrogen and oxygen atoms in total. The Bertz CT molecular complexity index is 461. The van der Waals surface area contributed by atoms with Crippen molar-refractivity contribution in [1.29, 1.82) is 0 Å². The number of aliphatic carboxylic acids is 1. The molecule has 0 aliphatic heterocycles. The molecule has 0 fully saturated rings. The highest BCUT2D eigenvalue weighted by atomic mass is 16.4. The molecule has 2 heterocycles. The lowest BCUT2D eigenvalue weighted by atomic mass is 10.2. The second kappa shape index (κ2) is 3.66. The molecule has 2 aromatic rings. The fraction of sp³-hybridized carbons (Fsp3) is 0.222. The average Bonchev–Trinajstić information content (AvgIpc) is 2.59. The van der Waals surface area contributed by atoms with E-state index in [1.807, 2.05) is 0 Å². The van der Waals surface area contributed by atoms with Crippen molar-refractivity contribution >= 4 is 17.1 Å². The van der Waals surface area contributed by atoms with E-state index in [0.717, 1.165) is 0 Å².